The lowest BCUT2D eigenvalue weighted by molar-refractivity contribution is 0.122. The first-order valence-electron chi connectivity index (χ1n) is 11.9. The molecule has 0 radical (unpaired) electrons. The third kappa shape index (κ3) is 4.87. The summed E-state index contributed by atoms with van der Waals surface area (Å²) in [5.41, 5.74) is 0.869. The maximum Gasteiger partial charge on any atom is 0.259 e. The van der Waals surface area contributed by atoms with Gasteiger partial charge in [-0.15, -0.1) is 10.2 Å². The van der Waals surface area contributed by atoms with E-state index in [9.17, 15) is 5.11 Å². The molecule has 5 heterocycles. The first-order valence-corrected chi connectivity index (χ1v) is 12.8. The Balaban J connectivity index is 1.24. The SMILES string of the molecule is OC[C@@H]1CCN(c2nc(Nc3ncc(-c4nnc(-c5ccccc5)o4)s3)cc(N3CCOCC3)n2)C1. The second-order valence-corrected chi connectivity index (χ2v) is 9.76. The van der Waals surface area contributed by atoms with Crippen molar-refractivity contribution in [2.45, 2.75) is 6.42 Å². The highest BCUT2D eigenvalue weighted by atomic mass is 32.1. The molecule has 186 valence electrons. The highest BCUT2D eigenvalue weighted by molar-refractivity contribution is 7.18. The molecule has 4 aromatic rings. The van der Waals surface area contributed by atoms with Crippen molar-refractivity contribution < 1.29 is 14.3 Å². The summed E-state index contributed by atoms with van der Waals surface area (Å²) in [4.78, 5) is 19.2. The Hall–Kier alpha value is -3.61. The maximum absolute atomic E-state index is 9.58. The van der Waals surface area contributed by atoms with Gasteiger partial charge >= 0.3 is 0 Å². The Bertz CT molecular complexity index is 1310. The molecule has 2 aliphatic heterocycles. The predicted octanol–water partition coefficient (Wildman–Crippen LogP) is 3.05. The Morgan fingerprint density at radius 1 is 1.03 bits per heavy atom. The zero-order chi connectivity index (χ0) is 24.3. The van der Waals surface area contributed by atoms with Gasteiger partial charge in [-0.2, -0.15) is 9.97 Å². The van der Waals surface area contributed by atoms with Crippen LogP contribution in [0.1, 0.15) is 6.42 Å². The number of aliphatic hydroxyl groups excluding tert-OH is 1. The molecular formula is C24H26N8O3S. The molecule has 2 fully saturated rings. The summed E-state index contributed by atoms with van der Waals surface area (Å²) in [6.45, 7) is 4.63. The first-order chi connectivity index (χ1) is 17.7. The molecular weight excluding hydrogens is 480 g/mol. The third-order valence-electron chi connectivity index (χ3n) is 6.26. The molecule has 0 saturated carbocycles. The van der Waals surface area contributed by atoms with E-state index in [4.69, 9.17) is 19.1 Å². The van der Waals surface area contributed by atoms with Crippen LogP contribution in [0, 0.1) is 5.92 Å². The van der Waals surface area contributed by atoms with Crippen LogP contribution in [0.25, 0.3) is 22.2 Å². The van der Waals surface area contributed by atoms with E-state index in [-0.39, 0.29) is 12.5 Å². The van der Waals surface area contributed by atoms with Crippen LogP contribution in [0.4, 0.5) is 22.7 Å². The predicted molar refractivity (Wildman–Crippen MR) is 137 cm³/mol. The Labute approximate surface area is 211 Å². The van der Waals surface area contributed by atoms with Gasteiger partial charge in [0.25, 0.3) is 5.89 Å². The first kappa shape index (κ1) is 22.8. The smallest absolute Gasteiger partial charge is 0.259 e. The van der Waals surface area contributed by atoms with Crippen LogP contribution in [-0.4, -0.2) is 76.3 Å². The summed E-state index contributed by atoms with van der Waals surface area (Å²) in [7, 11) is 0. The van der Waals surface area contributed by atoms with E-state index in [1.807, 2.05) is 36.4 Å². The second-order valence-electron chi connectivity index (χ2n) is 8.73. The van der Waals surface area contributed by atoms with Crippen molar-refractivity contribution in [1.29, 1.82) is 0 Å². The molecule has 1 aromatic carbocycles. The summed E-state index contributed by atoms with van der Waals surface area (Å²) in [6.07, 6.45) is 2.64. The van der Waals surface area contributed by atoms with Crippen LogP contribution in [0.5, 0.6) is 0 Å². The number of benzene rings is 1. The number of nitrogens with one attached hydrogen (secondary N) is 1. The van der Waals surface area contributed by atoms with Crippen molar-refractivity contribution in [3.8, 4) is 22.2 Å². The molecule has 2 N–H and O–H groups in total. The largest absolute Gasteiger partial charge is 0.415 e. The second kappa shape index (κ2) is 10.2. The molecule has 3 aromatic heterocycles. The molecule has 12 heteroatoms. The van der Waals surface area contributed by atoms with E-state index in [0.29, 0.717) is 41.9 Å². The minimum Gasteiger partial charge on any atom is -0.415 e. The van der Waals surface area contributed by atoms with Gasteiger partial charge in [-0.25, -0.2) is 4.98 Å². The fourth-order valence-corrected chi connectivity index (χ4v) is 5.05. The fourth-order valence-electron chi connectivity index (χ4n) is 4.31. The summed E-state index contributed by atoms with van der Waals surface area (Å²) >= 11 is 1.41. The van der Waals surface area contributed by atoms with E-state index in [0.717, 1.165) is 48.9 Å². The third-order valence-corrected chi connectivity index (χ3v) is 7.16. The van der Waals surface area contributed by atoms with Gasteiger partial charge in [-0.3, -0.25) is 0 Å². The molecule has 36 heavy (non-hydrogen) atoms. The van der Waals surface area contributed by atoms with Crippen molar-refractivity contribution in [3.05, 3.63) is 42.6 Å². The minimum atomic E-state index is 0.175. The molecule has 0 amide bonds. The molecule has 0 spiro atoms. The van der Waals surface area contributed by atoms with Gasteiger partial charge in [0.1, 0.15) is 16.5 Å². The van der Waals surface area contributed by atoms with Gasteiger partial charge in [0.05, 0.1) is 19.4 Å². The number of hydrogen-bond acceptors (Lipinski definition) is 12. The molecule has 6 rings (SSSR count). The van der Waals surface area contributed by atoms with Gasteiger partial charge in [-0.1, -0.05) is 29.5 Å². The summed E-state index contributed by atoms with van der Waals surface area (Å²) in [5.74, 6) is 3.29. The van der Waals surface area contributed by atoms with Gasteiger partial charge in [0.2, 0.25) is 11.8 Å². The average Bonchev–Trinajstić information content (AvgIpc) is 3.70. The topological polar surface area (TPSA) is 126 Å². The highest BCUT2D eigenvalue weighted by Crippen LogP contribution is 2.33. The van der Waals surface area contributed by atoms with Crippen LogP contribution in [0.15, 0.2) is 47.0 Å². The van der Waals surface area contributed by atoms with Gasteiger partial charge in [-0.05, 0) is 18.6 Å². The van der Waals surface area contributed by atoms with Gasteiger partial charge < -0.3 is 29.4 Å². The zero-order valence-electron chi connectivity index (χ0n) is 19.6. The van der Waals surface area contributed by atoms with Crippen LogP contribution in [0.3, 0.4) is 0 Å². The number of nitrogens with zero attached hydrogens (tertiary/aromatic N) is 7. The molecule has 0 aliphatic carbocycles. The van der Waals surface area contributed by atoms with Crippen LogP contribution in [-0.2, 0) is 4.74 Å². The van der Waals surface area contributed by atoms with Crippen molar-refractivity contribution in [1.82, 2.24) is 25.1 Å². The van der Waals surface area contributed by atoms with Gasteiger partial charge in [0, 0.05) is 50.3 Å². The Morgan fingerprint density at radius 3 is 2.67 bits per heavy atom. The molecule has 11 nitrogen and oxygen atoms in total. The number of hydrogen-bond donors (Lipinski definition) is 2. The highest BCUT2D eigenvalue weighted by Gasteiger charge is 2.26. The lowest BCUT2D eigenvalue weighted by atomic mass is 10.1. The molecule has 2 saturated heterocycles. The number of thiazole rings is 1. The standard InChI is InChI=1S/C24H26N8O3S/c33-15-16-6-7-32(14-16)23-26-19(12-20(28-23)31-8-10-34-11-9-31)27-24-25-13-18(36-24)22-30-29-21(35-22)17-4-2-1-3-5-17/h1-5,12-13,16,33H,6-11,14-15H2,(H,25,26,27,28)/t16-/m1/s1. The lowest BCUT2D eigenvalue weighted by Gasteiger charge is -2.29. The zero-order valence-corrected chi connectivity index (χ0v) is 20.4. The molecule has 0 bridgehead atoms. The average molecular weight is 507 g/mol. The van der Waals surface area contributed by atoms with E-state index in [2.05, 4.69) is 30.3 Å². The monoisotopic (exact) mass is 506 g/mol. The van der Waals surface area contributed by atoms with E-state index < -0.39 is 0 Å². The maximum atomic E-state index is 9.58. The number of aliphatic hydroxyl groups is 1. The van der Waals surface area contributed by atoms with Crippen molar-refractivity contribution in [2.75, 3.05) is 61.1 Å². The Morgan fingerprint density at radius 2 is 1.86 bits per heavy atom. The lowest BCUT2D eigenvalue weighted by Crippen LogP contribution is -2.37. The van der Waals surface area contributed by atoms with Crippen molar-refractivity contribution >= 4 is 34.1 Å². The van der Waals surface area contributed by atoms with E-state index in [1.165, 1.54) is 11.3 Å². The van der Waals surface area contributed by atoms with E-state index in [1.54, 1.807) is 6.20 Å². The van der Waals surface area contributed by atoms with E-state index >= 15 is 0 Å². The number of morpholine rings is 1. The van der Waals surface area contributed by atoms with Crippen LogP contribution >= 0.6 is 11.3 Å². The summed E-state index contributed by atoms with van der Waals surface area (Å²) < 4.78 is 11.4. The van der Waals surface area contributed by atoms with Crippen molar-refractivity contribution in [3.63, 3.8) is 0 Å². The molecule has 1 atom stereocenters. The molecule has 0 unspecified atom stereocenters. The summed E-state index contributed by atoms with van der Waals surface area (Å²) in [6, 6.07) is 11.6. The number of rotatable bonds is 7. The Kier molecular flexibility index (Phi) is 6.45. The molecule has 2 aliphatic rings. The van der Waals surface area contributed by atoms with Crippen LogP contribution < -0.4 is 15.1 Å². The van der Waals surface area contributed by atoms with Crippen LogP contribution in [0.2, 0.25) is 0 Å². The number of ether oxygens (including phenoxy) is 1. The minimum absolute atomic E-state index is 0.175. The fraction of sp³-hybridized carbons (Fsp3) is 0.375. The van der Waals surface area contributed by atoms with Gasteiger partial charge in [0.15, 0.2) is 5.13 Å². The normalized spacial score (nSPS) is 18.1. The number of anilines is 4. The quantitative estimate of drug-likeness (QED) is 0.384. The van der Waals surface area contributed by atoms with Crippen molar-refractivity contribution in [2.24, 2.45) is 5.92 Å². The number of aromatic nitrogens is 5. The summed E-state index contributed by atoms with van der Waals surface area (Å²) in [5, 5.41) is 21.9.